The molecule has 1 aliphatic rings. The SMILES string of the molecule is COc1ccccc1NC(=O)N1CCC[C@H]1c1cccs1. The molecule has 2 amide bonds. The largest absolute Gasteiger partial charge is 0.495 e. The maximum Gasteiger partial charge on any atom is 0.322 e. The van der Waals surface area contributed by atoms with E-state index in [0.29, 0.717) is 11.4 Å². The summed E-state index contributed by atoms with van der Waals surface area (Å²) in [5.74, 6) is 0.678. The van der Waals surface area contributed by atoms with Crippen LogP contribution in [0.1, 0.15) is 23.8 Å². The second-order valence-corrected chi connectivity index (χ2v) is 5.98. The molecule has 0 spiro atoms. The average Bonchev–Trinajstić information content (AvgIpc) is 3.18. The molecule has 1 N–H and O–H groups in total. The maximum atomic E-state index is 12.6. The van der Waals surface area contributed by atoms with Crippen molar-refractivity contribution in [1.29, 1.82) is 0 Å². The normalized spacial score (nSPS) is 17.8. The first kappa shape index (κ1) is 13.9. The molecule has 0 saturated carbocycles. The number of hydrogen-bond acceptors (Lipinski definition) is 3. The number of ether oxygens (including phenoxy) is 1. The summed E-state index contributed by atoms with van der Waals surface area (Å²) in [6.45, 7) is 0.795. The molecule has 1 aliphatic heterocycles. The molecule has 2 heterocycles. The number of urea groups is 1. The van der Waals surface area contributed by atoms with Crippen LogP contribution in [-0.2, 0) is 0 Å². The Balaban J connectivity index is 1.75. The van der Waals surface area contributed by atoms with E-state index in [4.69, 9.17) is 4.74 Å². The zero-order valence-corrected chi connectivity index (χ0v) is 12.7. The Hall–Kier alpha value is -2.01. The van der Waals surface area contributed by atoms with Crippen LogP contribution in [0, 0.1) is 0 Å². The lowest BCUT2D eigenvalue weighted by atomic mass is 10.2. The molecule has 0 aliphatic carbocycles. The van der Waals surface area contributed by atoms with Crippen LogP contribution in [-0.4, -0.2) is 24.6 Å². The van der Waals surface area contributed by atoms with Crippen LogP contribution in [0.3, 0.4) is 0 Å². The summed E-state index contributed by atoms with van der Waals surface area (Å²) in [7, 11) is 1.61. The van der Waals surface area contributed by atoms with Gasteiger partial charge in [-0.25, -0.2) is 4.79 Å². The Bertz CT molecular complexity index is 612. The smallest absolute Gasteiger partial charge is 0.322 e. The number of carbonyl (C=O) groups is 1. The van der Waals surface area contributed by atoms with Crippen molar-refractivity contribution in [2.24, 2.45) is 0 Å². The Labute approximate surface area is 128 Å². The number of para-hydroxylation sites is 2. The molecule has 1 saturated heterocycles. The van der Waals surface area contributed by atoms with Gasteiger partial charge >= 0.3 is 6.03 Å². The average molecular weight is 302 g/mol. The van der Waals surface area contributed by atoms with Crippen molar-refractivity contribution in [3.8, 4) is 5.75 Å². The van der Waals surface area contributed by atoms with Gasteiger partial charge in [0, 0.05) is 11.4 Å². The number of carbonyl (C=O) groups excluding carboxylic acids is 1. The van der Waals surface area contributed by atoms with Crippen LogP contribution < -0.4 is 10.1 Å². The third-order valence-electron chi connectivity index (χ3n) is 3.73. The molecule has 0 radical (unpaired) electrons. The van der Waals surface area contributed by atoms with Gasteiger partial charge in [0.05, 0.1) is 18.8 Å². The van der Waals surface area contributed by atoms with Gasteiger partial charge in [-0.3, -0.25) is 0 Å². The number of hydrogen-bond donors (Lipinski definition) is 1. The highest BCUT2D eigenvalue weighted by Crippen LogP contribution is 2.35. The van der Waals surface area contributed by atoms with Crippen molar-refractivity contribution >= 4 is 23.1 Å². The summed E-state index contributed by atoms with van der Waals surface area (Å²) in [5.41, 5.74) is 0.710. The standard InChI is InChI=1S/C16H18N2O2S/c1-20-14-8-3-2-6-12(14)17-16(19)18-10-4-7-13(18)15-9-5-11-21-15/h2-3,5-6,8-9,11,13H,4,7,10H2,1H3,(H,17,19)/t13-/m0/s1. The first-order valence-electron chi connectivity index (χ1n) is 7.03. The van der Waals surface area contributed by atoms with Crippen LogP contribution in [0.5, 0.6) is 5.75 Å². The van der Waals surface area contributed by atoms with E-state index in [2.05, 4.69) is 16.8 Å². The van der Waals surface area contributed by atoms with Crippen LogP contribution in [0.4, 0.5) is 10.5 Å². The van der Waals surface area contributed by atoms with E-state index < -0.39 is 0 Å². The topological polar surface area (TPSA) is 41.6 Å². The van der Waals surface area contributed by atoms with Gasteiger partial charge in [-0.2, -0.15) is 0 Å². The van der Waals surface area contributed by atoms with Gasteiger partial charge in [0.2, 0.25) is 0 Å². The monoisotopic (exact) mass is 302 g/mol. The Morgan fingerprint density at radius 2 is 2.19 bits per heavy atom. The zero-order chi connectivity index (χ0) is 14.7. The van der Waals surface area contributed by atoms with Crippen LogP contribution in [0.25, 0.3) is 0 Å². The van der Waals surface area contributed by atoms with Crippen molar-refractivity contribution in [2.45, 2.75) is 18.9 Å². The van der Waals surface area contributed by atoms with Crippen LogP contribution in [0.2, 0.25) is 0 Å². The molecule has 21 heavy (non-hydrogen) atoms. The molecule has 4 nitrogen and oxygen atoms in total. The first-order chi connectivity index (χ1) is 10.3. The predicted molar refractivity (Wildman–Crippen MR) is 85.0 cm³/mol. The van der Waals surface area contributed by atoms with Crippen molar-refractivity contribution in [2.75, 3.05) is 19.0 Å². The summed E-state index contributed by atoms with van der Waals surface area (Å²) in [4.78, 5) is 15.7. The number of benzene rings is 1. The second-order valence-electron chi connectivity index (χ2n) is 5.00. The predicted octanol–water partition coefficient (Wildman–Crippen LogP) is 4.13. The molecule has 110 valence electrons. The lowest BCUT2D eigenvalue weighted by Crippen LogP contribution is -2.34. The van der Waals surface area contributed by atoms with Crippen molar-refractivity contribution in [3.05, 3.63) is 46.7 Å². The van der Waals surface area contributed by atoms with Gasteiger partial charge in [-0.1, -0.05) is 18.2 Å². The van der Waals surface area contributed by atoms with Crippen molar-refractivity contribution < 1.29 is 9.53 Å². The number of anilines is 1. The molecule has 1 atom stereocenters. The molecule has 1 fully saturated rings. The first-order valence-corrected chi connectivity index (χ1v) is 7.91. The van der Waals surface area contributed by atoms with Gasteiger partial charge in [0.15, 0.2) is 0 Å². The minimum atomic E-state index is -0.0598. The fourth-order valence-corrected chi connectivity index (χ4v) is 3.59. The molecular formula is C16H18N2O2S. The highest BCUT2D eigenvalue weighted by Gasteiger charge is 2.30. The molecule has 5 heteroatoms. The lowest BCUT2D eigenvalue weighted by Gasteiger charge is -2.24. The van der Waals surface area contributed by atoms with E-state index in [9.17, 15) is 4.79 Å². The summed E-state index contributed by atoms with van der Waals surface area (Å²) in [5, 5.41) is 5.02. The molecule has 1 aromatic heterocycles. The lowest BCUT2D eigenvalue weighted by molar-refractivity contribution is 0.207. The van der Waals surface area contributed by atoms with E-state index in [1.165, 1.54) is 4.88 Å². The second kappa shape index (κ2) is 6.18. The number of thiophene rings is 1. The van der Waals surface area contributed by atoms with E-state index in [0.717, 1.165) is 19.4 Å². The van der Waals surface area contributed by atoms with E-state index >= 15 is 0 Å². The van der Waals surface area contributed by atoms with Crippen molar-refractivity contribution in [3.63, 3.8) is 0 Å². The number of nitrogens with zero attached hydrogens (tertiary/aromatic N) is 1. The molecule has 2 aromatic rings. The maximum absolute atomic E-state index is 12.6. The van der Waals surface area contributed by atoms with Crippen LogP contribution in [0.15, 0.2) is 41.8 Å². The van der Waals surface area contributed by atoms with Gasteiger partial charge in [-0.05, 0) is 36.4 Å². The number of methoxy groups -OCH3 is 1. The Morgan fingerprint density at radius 3 is 2.95 bits per heavy atom. The van der Waals surface area contributed by atoms with E-state index in [1.54, 1.807) is 18.4 Å². The van der Waals surface area contributed by atoms with Crippen LogP contribution >= 0.6 is 11.3 Å². The highest BCUT2D eigenvalue weighted by molar-refractivity contribution is 7.10. The molecule has 0 bridgehead atoms. The fourth-order valence-electron chi connectivity index (χ4n) is 2.72. The minimum absolute atomic E-state index is 0.0598. The number of rotatable bonds is 3. The highest BCUT2D eigenvalue weighted by atomic mass is 32.1. The summed E-state index contributed by atoms with van der Waals surface area (Å²) in [6.07, 6.45) is 2.07. The van der Waals surface area contributed by atoms with Gasteiger partial charge in [-0.15, -0.1) is 11.3 Å². The summed E-state index contributed by atoms with van der Waals surface area (Å²) in [6, 6.07) is 11.7. The zero-order valence-electron chi connectivity index (χ0n) is 11.9. The molecule has 3 rings (SSSR count). The summed E-state index contributed by atoms with van der Waals surface area (Å²) >= 11 is 1.71. The van der Waals surface area contributed by atoms with E-state index in [1.807, 2.05) is 35.2 Å². The quantitative estimate of drug-likeness (QED) is 0.926. The van der Waals surface area contributed by atoms with E-state index in [-0.39, 0.29) is 12.1 Å². The van der Waals surface area contributed by atoms with Crippen molar-refractivity contribution in [1.82, 2.24) is 4.90 Å². The van der Waals surface area contributed by atoms with Gasteiger partial charge in [0.1, 0.15) is 5.75 Å². The molecular weight excluding hydrogens is 284 g/mol. The minimum Gasteiger partial charge on any atom is -0.495 e. The third-order valence-corrected chi connectivity index (χ3v) is 4.71. The number of amides is 2. The number of likely N-dealkylation sites (tertiary alicyclic amines) is 1. The molecule has 0 unspecified atom stereocenters. The van der Waals surface area contributed by atoms with Gasteiger partial charge in [0.25, 0.3) is 0 Å². The third kappa shape index (κ3) is 2.88. The number of nitrogens with one attached hydrogen (secondary N) is 1. The van der Waals surface area contributed by atoms with Gasteiger partial charge < -0.3 is 15.0 Å². The molecule has 1 aromatic carbocycles. The fraction of sp³-hybridized carbons (Fsp3) is 0.312. The Kier molecular flexibility index (Phi) is 4.10. The Morgan fingerprint density at radius 1 is 1.33 bits per heavy atom. The summed E-state index contributed by atoms with van der Waals surface area (Å²) < 4.78 is 5.28.